The monoisotopic (exact) mass is 439 g/mol. The zero-order valence-corrected chi connectivity index (χ0v) is 19.2. The molecule has 0 aromatic heterocycles. The molecule has 32 heavy (non-hydrogen) atoms. The van der Waals surface area contributed by atoms with Gasteiger partial charge in [0.2, 0.25) is 5.91 Å². The molecule has 6 heteroatoms. The molecule has 4 aliphatic rings. The minimum Gasteiger partial charge on any atom is -0.378 e. The van der Waals surface area contributed by atoms with Crippen molar-refractivity contribution in [3.63, 3.8) is 0 Å². The van der Waals surface area contributed by atoms with Gasteiger partial charge in [-0.2, -0.15) is 0 Å². The zero-order valence-electron chi connectivity index (χ0n) is 19.2. The molecule has 4 heterocycles. The summed E-state index contributed by atoms with van der Waals surface area (Å²) in [4.78, 5) is 33.2. The lowest BCUT2D eigenvalue weighted by molar-refractivity contribution is -0.135. The van der Waals surface area contributed by atoms with Crippen molar-refractivity contribution in [3.8, 4) is 0 Å². The lowest BCUT2D eigenvalue weighted by Crippen LogP contribution is -2.65. The van der Waals surface area contributed by atoms with Crippen molar-refractivity contribution in [1.82, 2.24) is 14.7 Å². The van der Waals surface area contributed by atoms with Gasteiger partial charge in [-0.1, -0.05) is 18.2 Å². The lowest BCUT2D eigenvalue weighted by atomic mass is 9.69. The molecular formula is C26H37N3O3. The molecular weight excluding hydrogens is 402 g/mol. The van der Waals surface area contributed by atoms with Crippen LogP contribution in [0.4, 0.5) is 0 Å². The van der Waals surface area contributed by atoms with Crippen LogP contribution >= 0.6 is 0 Å². The number of hydrogen-bond acceptors (Lipinski definition) is 4. The number of benzene rings is 1. The van der Waals surface area contributed by atoms with E-state index in [2.05, 4.69) is 9.80 Å². The number of amides is 2. The third kappa shape index (κ3) is 4.44. The summed E-state index contributed by atoms with van der Waals surface area (Å²) in [7, 11) is 0. The van der Waals surface area contributed by atoms with Crippen LogP contribution in [0.2, 0.25) is 0 Å². The van der Waals surface area contributed by atoms with Crippen LogP contribution in [0, 0.1) is 11.8 Å². The Labute approximate surface area is 191 Å². The number of likely N-dealkylation sites (tertiary alicyclic amines) is 1. The summed E-state index contributed by atoms with van der Waals surface area (Å²) in [6.45, 7) is 6.01. The van der Waals surface area contributed by atoms with E-state index >= 15 is 0 Å². The molecule has 0 unspecified atom stereocenters. The molecule has 0 radical (unpaired) electrons. The van der Waals surface area contributed by atoms with Crippen LogP contribution in [0.3, 0.4) is 0 Å². The summed E-state index contributed by atoms with van der Waals surface area (Å²) in [6, 6.07) is 10.6. The Morgan fingerprint density at radius 1 is 0.969 bits per heavy atom. The first-order valence-electron chi connectivity index (χ1n) is 12.7. The molecule has 174 valence electrons. The van der Waals surface area contributed by atoms with E-state index in [0.29, 0.717) is 50.6 Å². The second kappa shape index (κ2) is 9.92. The molecule has 1 aromatic rings. The van der Waals surface area contributed by atoms with Gasteiger partial charge in [-0.05, 0) is 75.6 Å². The summed E-state index contributed by atoms with van der Waals surface area (Å²) >= 11 is 0. The van der Waals surface area contributed by atoms with Gasteiger partial charge in [0.15, 0.2) is 0 Å². The zero-order chi connectivity index (χ0) is 21.9. The van der Waals surface area contributed by atoms with E-state index in [4.69, 9.17) is 4.74 Å². The Hall–Kier alpha value is -1.92. The van der Waals surface area contributed by atoms with Gasteiger partial charge in [0, 0.05) is 43.7 Å². The normalized spacial score (nSPS) is 30.6. The number of ether oxygens (including phenoxy) is 1. The van der Waals surface area contributed by atoms with E-state index in [1.54, 1.807) is 0 Å². The van der Waals surface area contributed by atoms with Gasteiger partial charge in [0.25, 0.3) is 5.91 Å². The molecule has 4 saturated heterocycles. The maximum Gasteiger partial charge on any atom is 0.254 e. The second-order valence-electron chi connectivity index (χ2n) is 10.0. The Kier molecular flexibility index (Phi) is 6.79. The highest BCUT2D eigenvalue weighted by atomic mass is 16.5. The first-order valence-corrected chi connectivity index (χ1v) is 12.7. The van der Waals surface area contributed by atoms with Gasteiger partial charge in [-0.25, -0.2) is 0 Å². The average molecular weight is 440 g/mol. The number of hydrogen-bond donors (Lipinski definition) is 0. The van der Waals surface area contributed by atoms with Crippen LogP contribution < -0.4 is 0 Å². The van der Waals surface area contributed by atoms with Gasteiger partial charge in [-0.3, -0.25) is 14.5 Å². The summed E-state index contributed by atoms with van der Waals surface area (Å²) in [5.41, 5.74) is 0.795. The van der Waals surface area contributed by atoms with E-state index in [1.807, 2.05) is 35.2 Å². The van der Waals surface area contributed by atoms with Crippen molar-refractivity contribution >= 4 is 11.8 Å². The first-order chi connectivity index (χ1) is 15.7. The predicted molar refractivity (Wildman–Crippen MR) is 123 cm³/mol. The second-order valence-corrected chi connectivity index (χ2v) is 10.0. The topological polar surface area (TPSA) is 53.1 Å². The van der Waals surface area contributed by atoms with E-state index < -0.39 is 0 Å². The molecule has 5 rings (SSSR count). The van der Waals surface area contributed by atoms with Crippen molar-refractivity contribution in [2.45, 2.75) is 57.0 Å². The summed E-state index contributed by atoms with van der Waals surface area (Å²) in [6.07, 6.45) is 7.28. The molecule has 0 aliphatic carbocycles. The van der Waals surface area contributed by atoms with Gasteiger partial charge >= 0.3 is 0 Å². The number of nitrogens with zero attached hydrogens (tertiary/aromatic N) is 3. The quantitative estimate of drug-likeness (QED) is 0.708. The highest BCUT2D eigenvalue weighted by molar-refractivity contribution is 5.94. The lowest BCUT2D eigenvalue weighted by Gasteiger charge is -2.57. The van der Waals surface area contributed by atoms with Gasteiger partial charge in [0.1, 0.15) is 0 Å². The first kappa shape index (κ1) is 21.9. The van der Waals surface area contributed by atoms with Gasteiger partial charge < -0.3 is 14.5 Å². The van der Waals surface area contributed by atoms with E-state index in [9.17, 15) is 9.59 Å². The standard InChI is InChI=1S/C26H37N3O3/c30-24(27-15-17-32-18-16-27)12-4-11-23-22-10-6-14-28-13-5-9-21(25(22)28)19-29(23)26(31)20-7-2-1-3-8-20/h1-3,7-8,21-23,25H,4-6,9-19H2/t21-,22+,23+,25-/m0/s1. The van der Waals surface area contributed by atoms with Crippen molar-refractivity contribution < 1.29 is 14.3 Å². The molecule has 0 bridgehead atoms. The Bertz CT molecular complexity index is 793. The maximum absolute atomic E-state index is 13.6. The molecule has 1 aromatic carbocycles. The van der Waals surface area contributed by atoms with Crippen molar-refractivity contribution in [3.05, 3.63) is 35.9 Å². The van der Waals surface area contributed by atoms with Crippen LogP contribution in [-0.4, -0.2) is 84.5 Å². The van der Waals surface area contributed by atoms with Gasteiger partial charge in [-0.15, -0.1) is 0 Å². The highest BCUT2D eigenvalue weighted by Gasteiger charge is 2.49. The third-order valence-corrected chi connectivity index (χ3v) is 8.21. The summed E-state index contributed by atoms with van der Waals surface area (Å²) < 4.78 is 5.38. The van der Waals surface area contributed by atoms with Crippen LogP contribution in [0.5, 0.6) is 0 Å². The van der Waals surface area contributed by atoms with Crippen LogP contribution in [0.15, 0.2) is 30.3 Å². The largest absolute Gasteiger partial charge is 0.378 e. The Balaban J connectivity index is 1.32. The Morgan fingerprint density at radius 2 is 1.72 bits per heavy atom. The molecule has 0 saturated carbocycles. The minimum absolute atomic E-state index is 0.177. The molecule has 6 nitrogen and oxygen atoms in total. The number of morpholine rings is 1. The number of carbonyl (C=O) groups is 2. The summed E-state index contributed by atoms with van der Waals surface area (Å²) in [5, 5.41) is 0. The molecule has 2 amide bonds. The number of piperidine rings is 3. The Morgan fingerprint density at radius 3 is 2.50 bits per heavy atom. The molecule has 4 fully saturated rings. The fourth-order valence-corrected chi connectivity index (χ4v) is 6.78. The van der Waals surface area contributed by atoms with Crippen molar-refractivity contribution in [2.24, 2.45) is 11.8 Å². The van der Waals surface area contributed by atoms with Crippen LogP contribution in [-0.2, 0) is 9.53 Å². The van der Waals surface area contributed by atoms with E-state index in [-0.39, 0.29) is 17.9 Å². The molecule has 0 N–H and O–H groups in total. The molecule has 0 spiro atoms. The van der Waals surface area contributed by atoms with E-state index in [0.717, 1.165) is 24.9 Å². The maximum atomic E-state index is 13.6. The number of carbonyl (C=O) groups excluding carboxylic acids is 2. The number of rotatable bonds is 5. The molecule has 4 atom stereocenters. The predicted octanol–water partition coefficient (Wildman–Crippen LogP) is 3.03. The van der Waals surface area contributed by atoms with Crippen LogP contribution in [0.1, 0.15) is 55.3 Å². The van der Waals surface area contributed by atoms with Crippen molar-refractivity contribution in [1.29, 1.82) is 0 Å². The fourth-order valence-electron chi connectivity index (χ4n) is 6.78. The molecule has 4 aliphatic heterocycles. The van der Waals surface area contributed by atoms with Crippen LogP contribution in [0.25, 0.3) is 0 Å². The van der Waals surface area contributed by atoms with Crippen molar-refractivity contribution in [2.75, 3.05) is 45.9 Å². The summed E-state index contributed by atoms with van der Waals surface area (Å²) in [5.74, 6) is 1.55. The minimum atomic E-state index is 0.177. The van der Waals surface area contributed by atoms with E-state index in [1.165, 1.54) is 38.8 Å². The highest BCUT2D eigenvalue weighted by Crippen LogP contribution is 2.43. The average Bonchev–Trinajstić information content (AvgIpc) is 2.86. The third-order valence-electron chi connectivity index (χ3n) is 8.21. The van der Waals surface area contributed by atoms with Gasteiger partial charge in [0.05, 0.1) is 13.2 Å². The smallest absolute Gasteiger partial charge is 0.254 e. The fraction of sp³-hybridized carbons (Fsp3) is 0.692. The SMILES string of the molecule is O=C(CCC[C@@H]1[C@H]2CCCN3CCC[C@@H](CN1C(=O)c1ccccc1)[C@@H]23)N1CCOCC1.